The molecule has 0 unspecified atom stereocenters. The van der Waals surface area contributed by atoms with Gasteiger partial charge < -0.3 is 0 Å². The molecule has 1 fully saturated rings. The fourth-order valence-corrected chi connectivity index (χ4v) is 2.48. The summed E-state index contributed by atoms with van der Waals surface area (Å²) >= 11 is 0. The molecule has 1 aliphatic carbocycles. The van der Waals surface area contributed by atoms with Gasteiger partial charge in [-0.3, -0.25) is 0 Å². The molecule has 2 rings (SSSR count). The van der Waals surface area contributed by atoms with Crippen LogP contribution in [0.25, 0.3) is 0 Å². The molecule has 0 spiro atoms. The summed E-state index contributed by atoms with van der Waals surface area (Å²) in [5.74, 6) is 0.756. The summed E-state index contributed by atoms with van der Waals surface area (Å²) in [7, 11) is 0. The van der Waals surface area contributed by atoms with Gasteiger partial charge in [0.2, 0.25) is 0 Å². The van der Waals surface area contributed by atoms with Crippen molar-refractivity contribution in [1.29, 1.82) is 5.26 Å². The maximum atomic E-state index is 9.32. The highest BCUT2D eigenvalue weighted by molar-refractivity contribution is 5.37. The molecule has 0 heterocycles. The van der Waals surface area contributed by atoms with Crippen LogP contribution >= 0.6 is 0 Å². The van der Waals surface area contributed by atoms with Crippen molar-refractivity contribution in [3.05, 3.63) is 35.4 Å². The van der Waals surface area contributed by atoms with Gasteiger partial charge in [0, 0.05) is 0 Å². The molecule has 0 aromatic heterocycles. The quantitative estimate of drug-likeness (QED) is 0.714. The Balaban J connectivity index is 2.23. The Morgan fingerprint density at radius 2 is 1.93 bits per heavy atom. The molecule has 1 nitrogen and oxygen atoms in total. The van der Waals surface area contributed by atoms with E-state index in [1.165, 1.54) is 17.5 Å². The van der Waals surface area contributed by atoms with E-state index in [1.54, 1.807) is 0 Å². The Bertz CT molecular complexity index is 377. The monoisotopic (exact) mass is 199 g/mol. The second-order valence-electron chi connectivity index (χ2n) is 4.74. The van der Waals surface area contributed by atoms with Gasteiger partial charge in [0.15, 0.2) is 0 Å². The standard InChI is InChI=1S/C14H17N/c1-3-12-8-14(9-12,10-15)13-6-4-11(2)5-7-13/h4-7,12H,3,8-9H2,1-2H3. The molecule has 1 saturated carbocycles. The molecule has 0 atom stereocenters. The van der Waals surface area contributed by atoms with Gasteiger partial charge in [-0.05, 0) is 31.2 Å². The van der Waals surface area contributed by atoms with Crippen LogP contribution in [-0.2, 0) is 5.41 Å². The van der Waals surface area contributed by atoms with E-state index in [9.17, 15) is 5.26 Å². The van der Waals surface area contributed by atoms with Gasteiger partial charge in [0.25, 0.3) is 0 Å². The Morgan fingerprint density at radius 1 is 1.33 bits per heavy atom. The van der Waals surface area contributed by atoms with Crippen LogP contribution in [0.2, 0.25) is 0 Å². The van der Waals surface area contributed by atoms with E-state index in [4.69, 9.17) is 0 Å². The number of rotatable bonds is 2. The van der Waals surface area contributed by atoms with Gasteiger partial charge in [0.05, 0.1) is 11.5 Å². The minimum absolute atomic E-state index is 0.172. The van der Waals surface area contributed by atoms with E-state index >= 15 is 0 Å². The first kappa shape index (κ1) is 10.2. The number of nitriles is 1. The van der Waals surface area contributed by atoms with E-state index in [2.05, 4.69) is 44.2 Å². The number of hydrogen-bond acceptors (Lipinski definition) is 1. The predicted molar refractivity (Wildman–Crippen MR) is 61.5 cm³/mol. The normalized spacial score (nSPS) is 29.3. The highest BCUT2D eigenvalue weighted by atomic mass is 14.5. The molecule has 1 aromatic rings. The molecule has 0 N–H and O–H groups in total. The average molecular weight is 199 g/mol. The summed E-state index contributed by atoms with van der Waals surface area (Å²) in [6.45, 7) is 4.29. The van der Waals surface area contributed by atoms with Crippen LogP contribution in [0.15, 0.2) is 24.3 Å². The Kier molecular flexibility index (Phi) is 2.52. The molecule has 0 aliphatic heterocycles. The molecule has 78 valence electrons. The second-order valence-corrected chi connectivity index (χ2v) is 4.74. The van der Waals surface area contributed by atoms with Gasteiger partial charge in [-0.2, -0.15) is 5.26 Å². The Hall–Kier alpha value is -1.29. The first-order valence-corrected chi connectivity index (χ1v) is 5.68. The predicted octanol–water partition coefficient (Wildman–Crippen LogP) is 3.58. The number of benzene rings is 1. The molecule has 0 amide bonds. The number of hydrogen-bond donors (Lipinski definition) is 0. The smallest absolute Gasteiger partial charge is 0.0827 e. The zero-order chi connectivity index (χ0) is 10.9. The largest absolute Gasteiger partial charge is 0.197 e. The maximum Gasteiger partial charge on any atom is 0.0827 e. The maximum absolute atomic E-state index is 9.32. The van der Waals surface area contributed by atoms with Gasteiger partial charge in [0.1, 0.15) is 0 Å². The molecule has 15 heavy (non-hydrogen) atoms. The van der Waals surface area contributed by atoms with Gasteiger partial charge in [-0.15, -0.1) is 0 Å². The van der Waals surface area contributed by atoms with Crippen LogP contribution in [0.4, 0.5) is 0 Å². The zero-order valence-corrected chi connectivity index (χ0v) is 9.46. The van der Waals surface area contributed by atoms with E-state index in [-0.39, 0.29) is 5.41 Å². The Labute approximate surface area is 91.7 Å². The van der Waals surface area contributed by atoms with Crippen LogP contribution in [-0.4, -0.2) is 0 Å². The molecular weight excluding hydrogens is 182 g/mol. The van der Waals surface area contributed by atoms with E-state index in [1.807, 2.05) is 0 Å². The van der Waals surface area contributed by atoms with Crippen molar-refractivity contribution in [2.45, 2.75) is 38.5 Å². The van der Waals surface area contributed by atoms with Crippen molar-refractivity contribution < 1.29 is 0 Å². The summed E-state index contributed by atoms with van der Waals surface area (Å²) in [6.07, 6.45) is 3.29. The highest BCUT2D eigenvalue weighted by Gasteiger charge is 2.44. The van der Waals surface area contributed by atoms with E-state index in [0.29, 0.717) is 0 Å². The summed E-state index contributed by atoms with van der Waals surface area (Å²) in [5, 5.41) is 9.32. The number of aryl methyl sites for hydroxylation is 1. The summed E-state index contributed by atoms with van der Waals surface area (Å²) < 4.78 is 0. The van der Waals surface area contributed by atoms with Crippen molar-refractivity contribution in [2.24, 2.45) is 5.92 Å². The second kappa shape index (κ2) is 3.70. The molecular formula is C14H17N. The van der Waals surface area contributed by atoms with Crippen molar-refractivity contribution in [3.63, 3.8) is 0 Å². The SMILES string of the molecule is CCC1CC(C#N)(c2ccc(C)cc2)C1. The molecule has 0 saturated heterocycles. The van der Waals surface area contributed by atoms with Crippen molar-refractivity contribution in [1.82, 2.24) is 0 Å². The lowest BCUT2D eigenvalue weighted by Gasteiger charge is -2.42. The van der Waals surface area contributed by atoms with Crippen molar-refractivity contribution in [3.8, 4) is 6.07 Å². The van der Waals surface area contributed by atoms with Crippen molar-refractivity contribution in [2.75, 3.05) is 0 Å². The minimum atomic E-state index is -0.172. The topological polar surface area (TPSA) is 23.8 Å². The molecule has 0 radical (unpaired) electrons. The first-order chi connectivity index (χ1) is 7.20. The Morgan fingerprint density at radius 3 is 2.40 bits per heavy atom. The third-order valence-electron chi connectivity index (χ3n) is 3.67. The lowest BCUT2D eigenvalue weighted by atomic mass is 9.59. The molecule has 1 aromatic carbocycles. The van der Waals surface area contributed by atoms with Crippen LogP contribution in [0.5, 0.6) is 0 Å². The van der Waals surface area contributed by atoms with Crippen LogP contribution < -0.4 is 0 Å². The molecule has 1 heteroatoms. The van der Waals surface area contributed by atoms with E-state index < -0.39 is 0 Å². The van der Waals surface area contributed by atoms with E-state index in [0.717, 1.165) is 18.8 Å². The summed E-state index contributed by atoms with van der Waals surface area (Å²) in [5.41, 5.74) is 2.30. The van der Waals surface area contributed by atoms with Crippen LogP contribution in [0, 0.1) is 24.2 Å². The summed E-state index contributed by atoms with van der Waals surface area (Å²) in [4.78, 5) is 0. The fourth-order valence-electron chi connectivity index (χ4n) is 2.48. The molecule has 1 aliphatic rings. The van der Waals surface area contributed by atoms with Gasteiger partial charge in [-0.1, -0.05) is 43.2 Å². The number of nitrogens with zero attached hydrogens (tertiary/aromatic N) is 1. The van der Waals surface area contributed by atoms with Gasteiger partial charge in [-0.25, -0.2) is 0 Å². The average Bonchev–Trinajstić information content (AvgIpc) is 2.20. The lowest BCUT2D eigenvalue weighted by molar-refractivity contribution is 0.192. The zero-order valence-electron chi connectivity index (χ0n) is 9.46. The fraction of sp³-hybridized carbons (Fsp3) is 0.500. The highest BCUT2D eigenvalue weighted by Crippen LogP contribution is 2.48. The minimum Gasteiger partial charge on any atom is -0.197 e. The van der Waals surface area contributed by atoms with Crippen LogP contribution in [0.1, 0.15) is 37.3 Å². The first-order valence-electron chi connectivity index (χ1n) is 5.68. The lowest BCUT2D eigenvalue weighted by Crippen LogP contribution is -2.39. The third-order valence-corrected chi connectivity index (χ3v) is 3.67. The third kappa shape index (κ3) is 1.65. The van der Waals surface area contributed by atoms with Crippen LogP contribution in [0.3, 0.4) is 0 Å². The van der Waals surface area contributed by atoms with Gasteiger partial charge >= 0.3 is 0 Å². The van der Waals surface area contributed by atoms with Crippen molar-refractivity contribution >= 4 is 0 Å². The summed E-state index contributed by atoms with van der Waals surface area (Å²) in [6, 6.07) is 11.0. The molecule has 0 bridgehead atoms.